The molecule has 0 unspecified atom stereocenters. The van der Waals surface area contributed by atoms with Gasteiger partial charge in [-0.05, 0) is 11.6 Å². The number of hydrogen-bond acceptors (Lipinski definition) is 4. The standard InChI is InChI=1S/C15H13NO4/c17-14(15(18)19)9-12-8-13(6-7-16-12)20-10-11-4-2-1-3-5-11/h1-9,17H,10H2,(H,18,19). The fourth-order valence-corrected chi connectivity index (χ4v) is 1.54. The van der Waals surface area contributed by atoms with E-state index in [9.17, 15) is 4.79 Å². The number of carboxylic acids is 1. The number of carboxylic acid groups (broad SMARTS) is 1. The molecule has 0 radical (unpaired) electrons. The first-order chi connectivity index (χ1) is 9.65. The van der Waals surface area contributed by atoms with Crippen molar-refractivity contribution in [2.24, 2.45) is 0 Å². The largest absolute Gasteiger partial charge is 0.502 e. The minimum absolute atomic E-state index is 0.315. The van der Waals surface area contributed by atoms with Crippen LogP contribution >= 0.6 is 0 Å². The average Bonchev–Trinajstić information content (AvgIpc) is 2.46. The highest BCUT2D eigenvalue weighted by Gasteiger charge is 2.05. The Hall–Kier alpha value is -2.82. The lowest BCUT2D eigenvalue weighted by molar-refractivity contribution is -0.135. The lowest BCUT2D eigenvalue weighted by Crippen LogP contribution is -1.99. The number of aliphatic hydroxyl groups excluding tert-OH is 1. The number of nitrogens with zero attached hydrogens (tertiary/aromatic N) is 1. The zero-order valence-electron chi connectivity index (χ0n) is 10.6. The third-order valence-electron chi connectivity index (χ3n) is 2.50. The molecule has 0 amide bonds. The molecule has 20 heavy (non-hydrogen) atoms. The van der Waals surface area contributed by atoms with Crippen LogP contribution < -0.4 is 4.74 Å². The highest BCUT2D eigenvalue weighted by molar-refractivity contribution is 5.88. The Labute approximate surface area is 115 Å². The lowest BCUT2D eigenvalue weighted by atomic mass is 10.2. The Morgan fingerprint density at radius 3 is 2.65 bits per heavy atom. The number of aliphatic carboxylic acids is 1. The maximum atomic E-state index is 10.5. The van der Waals surface area contributed by atoms with Gasteiger partial charge in [0.25, 0.3) is 0 Å². The summed E-state index contributed by atoms with van der Waals surface area (Å²) >= 11 is 0. The molecule has 0 saturated heterocycles. The van der Waals surface area contributed by atoms with Crippen LogP contribution in [0.15, 0.2) is 54.4 Å². The molecule has 0 atom stereocenters. The summed E-state index contributed by atoms with van der Waals surface area (Å²) in [6.07, 6.45) is 2.55. The van der Waals surface area contributed by atoms with Gasteiger partial charge in [0, 0.05) is 18.3 Å². The fraction of sp³-hybridized carbons (Fsp3) is 0.0667. The second-order valence-corrected chi connectivity index (χ2v) is 4.03. The van der Waals surface area contributed by atoms with Crippen LogP contribution in [-0.2, 0) is 11.4 Å². The summed E-state index contributed by atoms with van der Waals surface area (Å²) in [5.41, 5.74) is 1.34. The van der Waals surface area contributed by atoms with Crippen LogP contribution in [0.5, 0.6) is 5.75 Å². The maximum absolute atomic E-state index is 10.5. The number of carbonyl (C=O) groups is 1. The van der Waals surface area contributed by atoms with Crippen LogP contribution in [-0.4, -0.2) is 21.2 Å². The van der Waals surface area contributed by atoms with Crippen molar-refractivity contribution in [1.82, 2.24) is 4.98 Å². The van der Waals surface area contributed by atoms with E-state index in [0.29, 0.717) is 18.1 Å². The van der Waals surface area contributed by atoms with E-state index in [1.165, 1.54) is 6.20 Å². The predicted molar refractivity (Wildman–Crippen MR) is 73.3 cm³/mol. The number of aliphatic hydroxyl groups is 1. The van der Waals surface area contributed by atoms with Gasteiger partial charge in [-0.15, -0.1) is 0 Å². The Bertz CT molecular complexity index is 623. The van der Waals surface area contributed by atoms with Gasteiger partial charge in [0.2, 0.25) is 5.76 Å². The molecule has 0 spiro atoms. The van der Waals surface area contributed by atoms with Crippen LogP contribution in [0.25, 0.3) is 6.08 Å². The quantitative estimate of drug-likeness (QED) is 0.645. The van der Waals surface area contributed by atoms with E-state index in [1.807, 2.05) is 30.3 Å². The van der Waals surface area contributed by atoms with E-state index in [4.69, 9.17) is 14.9 Å². The number of pyridine rings is 1. The molecular formula is C15H13NO4. The first kappa shape index (κ1) is 13.6. The van der Waals surface area contributed by atoms with Crippen molar-refractivity contribution >= 4 is 12.0 Å². The molecular weight excluding hydrogens is 258 g/mol. The first-order valence-corrected chi connectivity index (χ1v) is 5.92. The molecule has 0 aliphatic heterocycles. The number of benzene rings is 1. The van der Waals surface area contributed by atoms with Crippen molar-refractivity contribution in [3.8, 4) is 5.75 Å². The molecule has 5 heteroatoms. The van der Waals surface area contributed by atoms with E-state index < -0.39 is 11.7 Å². The van der Waals surface area contributed by atoms with Crippen LogP contribution in [0.1, 0.15) is 11.3 Å². The number of hydrogen-bond donors (Lipinski definition) is 2. The molecule has 0 fully saturated rings. The molecule has 1 aromatic carbocycles. The Kier molecular flexibility index (Phi) is 4.34. The normalized spacial score (nSPS) is 11.1. The zero-order valence-corrected chi connectivity index (χ0v) is 10.6. The van der Waals surface area contributed by atoms with Crippen LogP contribution in [0, 0.1) is 0 Å². The van der Waals surface area contributed by atoms with Crippen LogP contribution in [0.2, 0.25) is 0 Å². The van der Waals surface area contributed by atoms with Crippen molar-refractivity contribution < 1.29 is 19.7 Å². The summed E-state index contributed by atoms with van der Waals surface area (Å²) in [6, 6.07) is 12.9. The SMILES string of the molecule is O=C(O)C(O)=Cc1cc(OCc2ccccc2)ccn1. The van der Waals surface area contributed by atoms with Gasteiger partial charge in [-0.3, -0.25) is 4.98 Å². The van der Waals surface area contributed by atoms with Crippen molar-refractivity contribution in [1.29, 1.82) is 0 Å². The molecule has 2 rings (SSSR count). The van der Waals surface area contributed by atoms with Crippen molar-refractivity contribution in [2.45, 2.75) is 6.61 Å². The second kappa shape index (κ2) is 6.38. The second-order valence-electron chi connectivity index (χ2n) is 4.03. The van der Waals surface area contributed by atoms with Crippen LogP contribution in [0.4, 0.5) is 0 Å². The first-order valence-electron chi connectivity index (χ1n) is 5.92. The van der Waals surface area contributed by atoms with Gasteiger partial charge >= 0.3 is 5.97 Å². The third-order valence-corrected chi connectivity index (χ3v) is 2.50. The zero-order chi connectivity index (χ0) is 14.4. The monoisotopic (exact) mass is 271 g/mol. The van der Waals surface area contributed by atoms with E-state index in [-0.39, 0.29) is 0 Å². The minimum Gasteiger partial charge on any atom is -0.502 e. The van der Waals surface area contributed by atoms with Gasteiger partial charge < -0.3 is 14.9 Å². The van der Waals surface area contributed by atoms with E-state index in [2.05, 4.69) is 4.98 Å². The molecule has 102 valence electrons. The van der Waals surface area contributed by atoms with Gasteiger partial charge in [-0.25, -0.2) is 4.79 Å². The van der Waals surface area contributed by atoms with Gasteiger partial charge in [0.05, 0.1) is 5.69 Å². The summed E-state index contributed by atoms with van der Waals surface area (Å²) in [5, 5.41) is 17.7. The molecule has 1 aromatic heterocycles. The van der Waals surface area contributed by atoms with Gasteiger partial charge in [-0.2, -0.15) is 0 Å². The molecule has 0 saturated carbocycles. The van der Waals surface area contributed by atoms with Gasteiger partial charge in [0.1, 0.15) is 12.4 Å². The number of ether oxygens (including phenoxy) is 1. The summed E-state index contributed by atoms with van der Waals surface area (Å²) in [6.45, 7) is 0.402. The third kappa shape index (κ3) is 3.84. The Morgan fingerprint density at radius 2 is 1.95 bits per heavy atom. The van der Waals surface area contributed by atoms with Crippen molar-refractivity contribution in [3.63, 3.8) is 0 Å². The molecule has 2 aromatic rings. The van der Waals surface area contributed by atoms with Gasteiger partial charge in [0.15, 0.2) is 0 Å². The number of aromatic nitrogens is 1. The minimum atomic E-state index is -1.40. The van der Waals surface area contributed by atoms with Gasteiger partial charge in [-0.1, -0.05) is 30.3 Å². The van der Waals surface area contributed by atoms with E-state index >= 15 is 0 Å². The average molecular weight is 271 g/mol. The highest BCUT2D eigenvalue weighted by atomic mass is 16.5. The summed E-state index contributed by atoms with van der Waals surface area (Å²) in [4.78, 5) is 14.5. The summed E-state index contributed by atoms with van der Waals surface area (Å²) in [7, 11) is 0. The highest BCUT2D eigenvalue weighted by Crippen LogP contribution is 2.15. The molecule has 2 N–H and O–H groups in total. The molecule has 1 heterocycles. The van der Waals surface area contributed by atoms with Crippen LogP contribution in [0.3, 0.4) is 0 Å². The summed E-state index contributed by atoms with van der Waals surface area (Å²) < 4.78 is 5.58. The Morgan fingerprint density at radius 1 is 1.20 bits per heavy atom. The summed E-state index contributed by atoms with van der Waals surface area (Å²) in [5.74, 6) is -1.62. The molecule has 0 bridgehead atoms. The number of rotatable bonds is 5. The van der Waals surface area contributed by atoms with E-state index in [1.54, 1.807) is 12.1 Å². The smallest absolute Gasteiger partial charge is 0.371 e. The molecule has 0 aliphatic rings. The van der Waals surface area contributed by atoms with Crippen molar-refractivity contribution in [3.05, 3.63) is 65.7 Å². The van der Waals surface area contributed by atoms with E-state index in [0.717, 1.165) is 11.6 Å². The fourth-order valence-electron chi connectivity index (χ4n) is 1.54. The van der Waals surface area contributed by atoms with Crippen molar-refractivity contribution in [2.75, 3.05) is 0 Å². The maximum Gasteiger partial charge on any atom is 0.371 e. The molecule has 0 aliphatic carbocycles. The molecule has 5 nitrogen and oxygen atoms in total. The Balaban J connectivity index is 2.07. The predicted octanol–water partition coefficient (Wildman–Crippen LogP) is 2.64. The topological polar surface area (TPSA) is 79.7 Å². The lowest BCUT2D eigenvalue weighted by Gasteiger charge is -2.06.